The first-order valence-corrected chi connectivity index (χ1v) is 8.20. The second-order valence-electron chi connectivity index (χ2n) is 5.60. The number of H-pyrrole nitrogens is 1. The average Bonchev–Trinajstić information content (AvgIpc) is 3.27. The molecule has 146 valence electrons. The van der Waals surface area contributed by atoms with Crippen molar-refractivity contribution in [1.29, 1.82) is 0 Å². The van der Waals surface area contributed by atoms with E-state index in [0.29, 0.717) is 6.92 Å². The fourth-order valence-corrected chi connectivity index (χ4v) is 2.67. The van der Waals surface area contributed by atoms with Gasteiger partial charge in [-0.25, -0.2) is 10.2 Å². The first kappa shape index (κ1) is 20.7. The van der Waals surface area contributed by atoms with E-state index in [1.54, 1.807) is 6.92 Å². The zero-order valence-electron chi connectivity index (χ0n) is 14.4. The number of hydrogen-bond acceptors (Lipinski definition) is 5. The molecule has 7 nitrogen and oxygen atoms in total. The van der Waals surface area contributed by atoms with Crippen molar-refractivity contribution >= 4 is 23.1 Å². The quantitative estimate of drug-likeness (QED) is 0.215. The summed E-state index contributed by atoms with van der Waals surface area (Å²) in [5.74, 6) is -0.248. The molecule has 0 spiro atoms. The fourth-order valence-electron chi connectivity index (χ4n) is 2.46. The third kappa shape index (κ3) is 3.91. The minimum atomic E-state index is -3.32. The number of nitrogens with zero attached hydrogens (tertiary/aromatic N) is 2. The second-order valence-corrected chi connectivity index (χ2v) is 6.12. The molecule has 0 radical (unpaired) electrons. The Morgan fingerprint density at radius 2 is 2.26 bits per heavy atom. The van der Waals surface area contributed by atoms with Gasteiger partial charge in [0.1, 0.15) is 22.8 Å². The van der Waals surface area contributed by atoms with Crippen molar-refractivity contribution in [2.75, 3.05) is 0 Å². The van der Waals surface area contributed by atoms with Crippen LogP contribution in [0.15, 0.2) is 29.2 Å². The first-order valence-electron chi connectivity index (χ1n) is 7.76. The number of hydrogen-bond donors (Lipinski definition) is 3. The number of aromatic nitrogens is 3. The van der Waals surface area contributed by atoms with Gasteiger partial charge in [0.25, 0.3) is 11.8 Å². The Hall–Kier alpha value is -2.59. The normalized spacial score (nSPS) is 13.9. The highest BCUT2D eigenvalue weighted by Crippen LogP contribution is 2.39. The van der Waals surface area contributed by atoms with Crippen LogP contribution in [-0.2, 0) is 5.92 Å². The van der Waals surface area contributed by atoms with Gasteiger partial charge in [-0.2, -0.15) is 13.9 Å². The largest absolute Gasteiger partial charge is 0.355 e. The fraction of sp³-hybridized carbons (Fsp3) is 0.312. The Morgan fingerprint density at radius 3 is 2.78 bits per heavy atom. The molecule has 0 fully saturated rings. The summed E-state index contributed by atoms with van der Waals surface area (Å²) in [5, 5.41) is 8.53. The predicted molar refractivity (Wildman–Crippen MR) is 93.5 cm³/mol. The van der Waals surface area contributed by atoms with Crippen LogP contribution in [0.3, 0.4) is 0 Å². The summed E-state index contributed by atoms with van der Waals surface area (Å²) in [6.07, 6.45) is 2.21. The SMILES string of the molecule is C=CC(F)=C(c1noc(-c2cn[nH]c2C(C)(F)F)c1C(=O)NN)C(Cl)CC. The Bertz CT molecular complexity index is 885. The van der Waals surface area contributed by atoms with Gasteiger partial charge in [-0.1, -0.05) is 18.7 Å². The van der Waals surface area contributed by atoms with Crippen LogP contribution in [0.4, 0.5) is 13.2 Å². The van der Waals surface area contributed by atoms with Gasteiger partial charge < -0.3 is 4.52 Å². The van der Waals surface area contributed by atoms with Gasteiger partial charge in [0.2, 0.25) is 0 Å². The van der Waals surface area contributed by atoms with Gasteiger partial charge in [0.15, 0.2) is 5.76 Å². The molecular weight excluding hydrogens is 387 g/mol. The minimum Gasteiger partial charge on any atom is -0.355 e. The maximum absolute atomic E-state index is 14.4. The van der Waals surface area contributed by atoms with Crippen molar-refractivity contribution < 1.29 is 22.5 Å². The minimum absolute atomic E-state index is 0.170. The standard InChI is InChI=1S/C16H17ClF3N5O2/c1-4-8(17)10(9(18)5-2)12-11(15(26)23-21)13(27-25-12)7-6-22-24-14(7)16(3,19)20/h5-6,8H,2,4,21H2,1,3H3,(H,22,24)(H,23,26). The highest BCUT2D eigenvalue weighted by atomic mass is 35.5. The maximum Gasteiger partial charge on any atom is 0.287 e. The molecule has 1 unspecified atom stereocenters. The molecule has 27 heavy (non-hydrogen) atoms. The van der Waals surface area contributed by atoms with Crippen LogP contribution in [0.5, 0.6) is 0 Å². The van der Waals surface area contributed by atoms with Crippen LogP contribution < -0.4 is 11.3 Å². The van der Waals surface area contributed by atoms with Gasteiger partial charge in [0, 0.05) is 12.5 Å². The molecule has 2 aromatic rings. The molecule has 2 aromatic heterocycles. The van der Waals surface area contributed by atoms with Gasteiger partial charge in [-0.3, -0.25) is 15.3 Å². The highest BCUT2D eigenvalue weighted by molar-refractivity contribution is 6.27. The zero-order chi connectivity index (χ0) is 20.4. The van der Waals surface area contributed by atoms with Crippen LogP contribution in [-0.4, -0.2) is 26.6 Å². The lowest BCUT2D eigenvalue weighted by molar-refractivity contribution is 0.0131. The number of halogens is 4. The summed E-state index contributed by atoms with van der Waals surface area (Å²) >= 11 is 6.17. The molecule has 2 heterocycles. The smallest absolute Gasteiger partial charge is 0.287 e. The molecule has 11 heteroatoms. The molecule has 0 saturated carbocycles. The van der Waals surface area contributed by atoms with Crippen molar-refractivity contribution in [3.8, 4) is 11.3 Å². The molecule has 0 aliphatic rings. The van der Waals surface area contributed by atoms with E-state index in [1.165, 1.54) is 0 Å². The van der Waals surface area contributed by atoms with Crippen LogP contribution in [0.1, 0.15) is 42.0 Å². The number of nitrogen functional groups attached to an aromatic ring is 1. The number of nitrogens with one attached hydrogen (secondary N) is 2. The van der Waals surface area contributed by atoms with Crippen LogP contribution in [0, 0.1) is 0 Å². The van der Waals surface area contributed by atoms with Crippen molar-refractivity contribution in [3.63, 3.8) is 0 Å². The number of aromatic amines is 1. The van der Waals surface area contributed by atoms with E-state index in [1.807, 2.05) is 5.43 Å². The van der Waals surface area contributed by atoms with Gasteiger partial charge >= 0.3 is 0 Å². The van der Waals surface area contributed by atoms with Gasteiger partial charge in [-0.15, -0.1) is 11.6 Å². The van der Waals surface area contributed by atoms with E-state index in [4.69, 9.17) is 22.0 Å². The second kappa shape index (κ2) is 7.97. The lowest BCUT2D eigenvalue weighted by Crippen LogP contribution is -2.31. The number of hydrazine groups is 1. The molecule has 2 rings (SSSR count). The Kier molecular flexibility index (Phi) is 6.11. The van der Waals surface area contributed by atoms with E-state index in [0.717, 1.165) is 12.3 Å². The number of amides is 1. The van der Waals surface area contributed by atoms with E-state index in [2.05, 4.69) is 21.9 Å². The third-order valence-corrected chi connectivity index (χ3v) is 4.26. The summed E-state index contributed by atoms with van der Waals surface area (Å²) in [4.78, 5) is 12.3. The monoisotopic (exact) mass is 403 g/mol. The molecule has 0 bridgehead atoms. The Morgan fingerprint density at radius 1 is 1.59 bits per heavy atom. The number of allylic oxidation sites excluding steroid dienone is 3. The third-order valence-electron chi connectivity index (χ3n) is 3.74. The summed E-state index contributed by atoms with van der Waals surface area (Å²) in [5.41, 5.74) is 0.250. The highest BCUT2D eigenvalue weighted by Gasteiger charge is 2.36. The summed E-state index contributed by atoms with van der Waals surface area (Å²) in [6, 6.07) is 0. The molecule has 0 aliphatic heterocycles. The molecule has 4 N–H and O–H groups in total. The molecule has 0 aliphatic carbocycles. The number of alkyl halides is 3. The van der Waals surface area contributed by atoms with Crippen LogP contribution in [0.2, 0.25) is 0 Å². The zero-order valence-corrected chi connectivity index (χ0v) is 15.2. The molecule has 1 amide bonds. The van der Waals surface area contributed by atoms with Gasteiger partial charge in [0.05, 0.1) is 17.1 Å². The average molecular weight is 404 g/mol. The predicted octanol–water partition coefficient (Wildman–Crippen LogP) is 3.66. The lowest BCUT2D eigenvalue weighted by atomic mass is 9.97. The van der Waals surface area contributed by atoms with Crippen molar-refractivity contribution in [3.05, 3.63) is 41.6 Å². The summed E-state index contributed by atoms with van der Waals surface area (Å²) in [6.45, 7) is 5.65. The number of nitrogens with two attached hydrogens (primary N) is 1. The molecular formula is C16H17ClF3N5O2. The Balaban J connectivity index is 2.80. The van der Waals surface area contributed by atoms with Gasteiger partial charge in [-0.05, 0) is 12.5 Å². The van der Waals surface area contributed by atoms with Crippen molar-refractivity contribution in [2.24, 2.45) is 5.84 Å². The first-order chi connectivity index (χ1) is 12.7. The molecule has 0 aromatic carbocycles. The van der Waals surface area contributed by atoms with Crippen molar-refractivity contribution in [2.45, 2.75) is 31.6 Å². The molecule has 1 atom stereocenters. The van der Waals surface area contributed by atoms with E-state index in [9.17, 15) is 18.0 Å². The topological polar surface area (TPSA) is 110 Å². The number of carbonyl (C=O) groups excluding carboxylic acids is 1. The summed E-state index contributed by atoms with van der Waals surface area (Å²) in [7, 11) is 0. The number of carbonyl (C=O) groups is 1. The van der Waals surface area contributed by atoms with E-state index >= 15 is 0 Å². The summed E-state index contributed by atoms with van der Waals surface area (Å²) < 4.78 is 47.1. The Labute approximate surface area is 157 Å². The number of rotatable bonds is 7. The van der Waals surface area contributed by atoms with Crippen LogP contribution in [0.25, 0.3) is 16.9 Å². The van der Waals surface area contributed by atoms with Crippen LogP contribution >= 0.6 is 11.6 Å². The van der Waals surface area contributed by atoms with E-state index in [-0.39, 0.29) is 34.6 Å². The van der Waals surface area contributed by atoms with Crippen molar-refractivity contribution in [1.82, 2.24) is 20.8 Å². The lowest BCUT2D eigenvalue weighted by Gasteiger charge is -2.12. The molecule has 0 saturated heterocycles. The van der Waals surface area contributed by atoms with E-state index < -0.39 is 28.7 Å². The maximum atomic E-state index is 14.4.